The van der Waals surface area contributed by atoms with Gasteiger partial charge in [0, 0.05) is 16.3 Å². The van der Waals surface area contributed by atoms with Crippen molar-refractivity contribution in [2.24, 2.45) is 5.92 Å². The second-order valence-corrected chi connectivity index (χ2v) is 7.41. The van der Waals surface area contributed by atoms with Gasteiger partial charge in [0.15, 0.2) is 0 Å². The molecule has 1 saturated heterocycles. The van der Waals surface area contributed by atoms with E-state index in [1.54, 1.807) is 11.3 Å². The summed E-state index contributed by atoms with van der Waals surface area (Å²) in [4.78, 5) is 16.3. The predicted octanol–water partition coefficient (Wildman–Crippen LogP) is 2.70. The highest BCUT2D eigenvalue weighted by Gasteiger charge is 2.25. The molecule has 4 heteroatoms. The largest absolute Gasteiger partial charge is 0.349 e. The van der Waals surface area contributed by atoms with E-state index in [4.69, 9.17) is 0 Å². The van der Waals surface area contributed by atoms with Gasteiger partial charge in [0.05, 0.1) is 5.56 Å². The van der Waals surface area contributed by atoms with Crippen molar-refractivity contribution in [3.63, 3.8) is 0 Å². The summed E-state index contributed by atoms with van der Waals surface area (Å²) in [6.07, 6.45) is 5.60. The van der Waals surface area contributed by atoms with Gasteiger partial charge in [-0.05, 0) is 63.7 Å². The molecule has 1 aromatic heterocycles. The van der Waals surface area contributed by atoms with Crippen LogP contribution in [-0.2, 0) is 12.8 Å². The lowest BCUT2D eigenvalue weighted by molar-refractivity contribution is 0.0916. The van der Waals surface area contributed by atoms with Crippen molar-refractivity contribution in [1.29, 1.82) is 0 Å². The molecule has 0 saturated carbocycles. The summed E-state index contributed by atoms with van der Waals surface area (Å²) in [6, 6.07) is 0.358. The Balaban J connectivity index is 1.66. The monoisotopic (exact) mass is 292 g/mol. The van der Waals surface area contributed by atoms with Gasteiger partial charge in [-0.1, -0.05) is 6.92 Å². The van der Waals surface area contributed by atoms with E-state index in [0.717, 1.165) is 50.3 Å². The highest BCUT2D eigenvalue weighted by atomic mass is 32.1. The van der Waals surface area contributed by atoms with Gasteiger partial charge in [0.1, 0.15) is 0 Å². The Labute approximate surface area is 125 Å². The molecule has 1 aliphatic carbocycles. The van der Waals surface area contributed by atoms with E-state index in [-0.39, 0.29) is 5.91 Å². The van der Waals surface area contributed by atoms with Gasteiger partial charge in [0.25, 0.3) is 5.91 Å². The fraction of sp³-hybridized carbons (Fsp3) is 0.688. The van der Waals surface area contributed by atoms with E-state index in [2.05, 4.69) is 29.6 Å². The molecule has 3 rings (SSSR count). The van der Waals surface area contributed by atoms with Gasteiger partial charge in [0.2, 0.25) is 0 Å². The molecule has 2 aliphatic rings. The third kappa shape index (κ3) is 2.91. The number of hydrogen-bond acceptors (Lipinski definition) is 3. The number of hydrogen-bond donors (Lipinski definition) is 1. The van der Waals surface area contributed by atoms with Gasteiger partial charge in [-0.25, -0.2) is 0 Å². The molecule has 20 heavy (non-hydrogen) atoms. The minimum atomic E-state index is 0.159. The smallest absolute Gasteiger partial charge is 0.252 e. The van der Waals surface area contributed by atoms with E-state index < -0.39 is 0 Å². The van der Waals surface area contributed by atoms with Crippen LogP contribution < -0.4 is 5.32 Å². The minimum Gasteiger partial charge on any atom is -0.349 e. The molecule has 1 aromatic rings. The first-order valence-corrected chi connectivity index (χ1v) is 8.60. The number of fused-ring (bicyclic) bond motifs is 1. The van der Waals surface area contributed by atoms with Gasteiger partial charge in [-0.3, -0.25) is 4.79 Å². The Kier molecular flexibility index (Phi) is 4.13. The Morgan fingerprint density at radius 3 is 2.85 bits per heavy atom. The average molecular weight is 292 g/mol. The van der Waals surface area contributed by atoms with E-state index in [0.29, 0.717) is 6.04 Å². The maximum atomic E-state index is 12.5. The maximum Gasteiger partial charge on any atom is 0.252 e. The van der Waals surface area contributed by atoms with Gasteiger partial charge in [-0.2, -0.15) is 0 Å². The normalized spacial score (nSPS) is 24.4. The second kappa shape index (κ2) is 5.86. The van der Waals surface area contributed by atoms with Crippen LogP contribution in [0.15, 0.2) is 5.38 Å². The number of amides is 1. The highest BCUT2D eigenvalue weighted by Crippen LogP contribution is 2.32. The molecule has 1 aliphatic heterocycles. The van der Waals surface area contributed by atoms with Gasteiger partial charge < -0.3 is 10.2 Å². The van der Waals surface area contributed by atoms with Crippen molar-refractivity contribution in [3.8, 4) is 0 Å². The SMILES string of the molecule is CC1CCc2c(C(=O)NC3CCN(C)CC3)csc2C1. The zero-order valence-electron chi connectivity index (χ0n) is 12.4. The van der Waals surface area contributed by atoms with Crippen LogP contribution >= 0.6 is 11.3 Å². The quantitative estimate of drug-likeness (QED) is 0.909. The summed E-state index contributed by atoms with van der Waals surface area (Å²) in [7, 11) is 2.15. The molecule has 110 valence electrons. The molecule has 0 spiro atoms. The molecule has 1 atom stereocenters. The summed E-state index contributed by atoms with van der Waals surface area (Å²) in [6.45, 7) is 4.48. The Morgan fingerprint density at radius 2 is 2.10 bits per heavy atom. The summed E-state index contributed by atoms with van der Waals surface area (Å²) < 4.78 is 0. The lowest BCUT2D eigenvalue weighted by atomic mass is 9.88. The average Bonchev–Trinajstić information content (AvgIpc) is 2.84. The van der Waals surface area contributed by atoms with Crippen LogP contribution in [0.5, 0.6) is 0 Å². The van der Waals surface area contributed by atoms with Crippen molar-refractivity contribution < 1.29 is 4.79 Å². The zero-order chi connectivity index (χ0) is 14.1. The minimum absolute atomic E-state index is 0.159. The fourth-order valence-electron chi connectivity index (χ4n) is 3.28. The highest BCUT2D eigenvalue weighted by molar-refractivity contribution is 7.10. The van der Waals surface area contributed by atoms with Crippen LogP contribution in [0.3, 0.4) is 0 Å². The van der Waals surface area contributed by atoms with E-state index >= 15 is 0 Å². The van der Waals surface area contributed by atoms with Crippen LogP contribution in [0, 0.1) is 5.92 Å². The number of rotatable bonds is 2. The number of nitrogens with one attached hydrogen (secondary N) is 1. The first kappa shape index (κ1) is 14.1. The number of nitrogens with zero attached hydrogens (tertiary/aromatic N) is 1. The number of thiophene rings is 1. The fourth-order valence-corrected chi connectivity index (χ4v) is 4.53. The van der Waals surface area contributed by atoms with E-state index in [1.807, 2.05) is 0 Å². The Bertz CT molecular complexity index is 489. The third-order valence-electron chi connectivity index (χ3n) is 4.70. The van der Waals surface area contributed by atoms with Crippen molar-refractivity contribution in [1.82, 2.24) is 10.2 Å². The van der Waals surface area contributed by atoms with Crippen LogP contribution in [0.2, 0.25) is 0 Å². The molecule has 0 bridgehead atoms. The van der Waals surface area contributed by atoms with Crippen LogP contribution in [0.1, 0.15) is 47.0 Å². The molecule has 0 aromatic carbocycles. The van der Waals surface area contributed by atoms with Crippen LogP contribution in [-0.4, -0.2) is 37.0 Å². The molecule has 1 N–H and O–H groups in total. The van der Waals surface area contributed by atoms with Crippen molar-refractivity contribution in [3.05, 3.63) is 21.4 Å². The van der Waals surface area contributed by atoms with Crippen LogP contribution in [0.4, 0.5) is 0 Å². The molecular formula is C16H24N2OS. The Hall–Kier alpha value is -0.870. The van der Waals surface area contributed by atoms with E-state index in [1.165, 1.54) is 16.9 Å². The summed E-state index contributed by atoms with van der Waals surface area (Å²) in [5.74, 6) is 0.928. The standard InChI is InChI=1S/C16H24N2OS/c1-11-3-4-13-14(10-20-15(13)9-11)16(19)17-12-5-7-18(2)8-6-12/h10-12H,3-9H2,1-2H3,(H,17,19). The molecule has 0 radical (unpaired) electrons. The number of carbonyl (C=O) groups is 1. The molecule has 1 unspecified atom stereocenters. The summed E-state index contributed by atoms with van der Waals surface area (Å²) in [5.41, 5.74) is 2.29. The first-order valence-electron chi connectivity index (χ1n) is 7.72. The lowest BCUT2D eigenvalue weighted by Gasteiger charge is -2.29. The maximum absolute atomic E-state index is 12.5. The molecular weight excluding hydrogens is 268 g/mol. The van der Waals surface area contributed by atoms with Crippen molar-refractivity contribution >= 4 is 17.2 Å². The lowest BCUT2D eigenvalue weighted by Crippen LogP contribution is -2.43. The Morgan fingerprint density at radius 1 is 1.35 bits per heavy atom. The predicted molar refractivity (Wildman–Crippen MR) is 83.5 cm³/mol. The van der Waals surface area contributed by atoms with Crippen LogP contribution in [0.25, 0.3) is 0 Å². The van der Waals surface area contributed by atoms with Crippen molar-refractivity contribution in [2.45, 2.75) is 45.1 Å². The number of carbonyl (C=O) groups excluding carboxylic acids is 1. The van der Waals surface area contributed by atoms with Gasteiger partial charge in [-0.15, -0.1) is 11.3 Å². The topological polar surface area (TPSA) is 32.3 Å². The van der Waals surface area contributed by atoms with Gasteiger partial charge >= 0.3 is 0 Å². The summed E-state index contributed by atoms with van der Waals surface area (Å²) in [5, 5.41) is 5.32. The van der Waals surface area contributed by atoms with E-state index in [9.17, 15) is 4.79 Å². The molecule has 2 heterocycles. The summed E-state index contributed by atoms with van der Waals surface area (Å²) >= 11 is 1.78. The molecule has 1 fully saturated rings. The number of likely N-dealkylation sites (tertiary alicyclic amines) is 1. The second-order valence-electron chi connectivity index (χ2n) is 6.45. The third-order valence-corrected chi connectivity index (χ3v) is 5.75. The molecule has 3 nitrogen and oxygen atoms in total. The number of piperidine rings is 1. The molecule has 1 amide bonds. The first-order chi connectivity index (χ1) is 9.63. The zero-order valence-corrected chi connectivity index (χ0v) is 13.3. The van der Waals surface area contributed by atoms with Crippen molar-refractivity contribution in [2.75, 3.05) is 20.1 Å².